The molecule has 12 bridgehead atoms. The van der Waals surface area contributed by atoms with Gasteiger partial charge in [-0.2, -0.15) is 0 Å². The molecule has 7 heterocycles. The second-order valence-corrected chi connectivity index (χ2v) is 15.9. The molecule has 1 aliphatic heterocycles. The standard InChI is InChI=1S/C36H20S6/c1-2-26-15-16-28-5-6-30(39-28)19-20-32-9-10-34(41-32)23-24-36-12-11-35(42-36)22-21-33-8-7-31(40-33)18-17-29-4-3-27(38-29)14-13-25(1)37-26/h1-16,21-24H/b14-13+,16-15+,22-21+,24-23+,25-13?,26-15?,27-14?,28-16?,33-21?,34-23?,35-22?,36-24?. The number of hydrogen-bond donors (Lipinski definition) is 0. The minimum absolute atomic E-state index is 1.08. The fraction of sp³-hybridized carbons (Fsp3) is 0. The van der Waals surface area contributed by atoms with Crippen LogP contribution in [0.3, 0.4) is 0 Å². The molecule has 0 atom stereocenters. The molecule has 42 heavy (non-hydrogen) atoms. The molecule has 1 aliphatic rings. The molecule has 0 saturated heterocycles. The summed E-state index contributed by atoms with van der Waals surface area (Å²) in [6.07, 6.45) is 17.4. The van der Waals surface area contributed by atoms with Crippen molar-refractivity contribution in [2.75, 3.05) is 0 Å². The molecule has 200 valence electrons. The maximum absolute atomic E-state index is 3.34. The van der Waals surface area contributed by atoms with E-state index in [4.69, 9.17) is 0 Å². The SMILES string of the molecule is C1#Cc2ccc(s2)/C=C/c2ccc(s2)/C=C/c2ccc(s2)C#Cc2ccc(s2)/C=C/c2ccc(s2)/C=C/c2ccc1s2. The Labute approximate surface area is 269 Å². The largest absolute Gasteiger partial charge is 0.137 e. The number of hydrogen-bond acceptors (Lipinski definition) is 6. The second kappa shape index (κ2) is 12.7. The topological polar surface area (TPSA) is 0 Å². The highest BCUT2D eigenvalue weighted by atomic mass is 32.1. The molecule has 6 heteroatoms. The first-order valence-corrected chi connectivity index (χ1v) is 18.0. The lowest BCUT2D eigenvalue weighted by atomic mass is 10.3. The van der Waals surface area contributed by atoms with Crippen molar-refractivity contribution in [1.29, 1.82) is 0 Å². The predicted molar refractivity (Wildman–Crippen MR) is 194 cm³/mol. The molecule has 7 rings (SSSR count). The van der Waals surface area contributed by atoms with Crippen molar-refractivity contribution in [3.8, 4) is 23.7 Å². The van der Waals surface area contributed by atoms with Gasteiger partial charge in [0.25, 0.3) is 0 Å². The van der Waals surface area contributed by atoms with Gasteiger partial charge in [-0.1, -0.05) is 0 Å². The summed E-state index contributed by atoms with van der Waals surface area (Å²) in [5.74, 6) is 13.4. The first-order chi connectivity index (χ1) is 20.7. The van der Waals surface area contributed by atoms with Crippen molar-refractivity contribution in [3.63, 3.8) is 0 Å². The van der Waals surface area contributed by atoms with E-state index in [1.54, 1.807) is 68.0 Å². The van der Waals surface area contributed by atoms with Crippen molar-refractivity contribution >= 4 is 117 Å². The van der Waals surface area contributed by atoms with E-state index in [9.17, 15) is 0 Å². The first-order valence-electron chi connectivity index (χ1n) is 13.1. The van der Waals surface area contributed by atoms with Crippen molar-refractivity contribution in [3.05, 3.63) is 131 Å². The molecule has 0 N–H and O–H groups in total. The molecule has 0 radical (unpaired) electrons. The molecule has 0 aliphatic carbocycles. The monoisotopic (exact) mass is 644 g/mol. The third-order valence-electron chi connectivity index (χ3n) is 6.07. The van der Waals surface area contributed by atoms with Gasteiger partial charge in [0.15, 0.2) is 0 Å². The molecule has 0 fully saturated rings. The van der Waals surface area contributed by atoms with E-state index in [-0.39, 0.29) is 0 Å². The Morgan fingerprint density at radius 1 is 0.238 bits per heavy atom. The molecular weight excluding hydrogens is 625 g/mol. The van der Waals surface area contributed by atoms with Gasteiger partial charge in [0, 0.05) is 39.0 Å². The van der Waals surface area contributed by atoms with Gasteiger partial charge in [-0.15, -0.1) is 68.0 Å². The molecule has 0 aromatic carbocycles. The van der Waals surface area contributed by atoms with E-state index in [0.29, 0.717) is 0 Å². The zero-order valence-electron chi connectivity index (χ0n) is 22.0. The molecular formula is C36H20S6. The average molecular weight is 645 g/mol. The molecule has 0 amide bonds. The van der Waals surface area contributed by atoms with E-state index in [2.05, 4.69) is 145 Å². The Morgan fingerprint density at radius 3 is 0.667 bits per heavy atom. The summed E-state index contributed by atoms with van der Waals surface area (Å²) in [5, 5.41) is 0. The van der Waals surface area contributed by atoms with Crippen LogP contribution in [0.5, 0.6) is 0 Å². The highest BCUT2D eigenvalue weighted by molar-refractivity contribution is 7.16. The average Bonchev–Trinajstić information content (AvgIpc) is 3.84. The van der Waals surface area contributed by atoms with Gasteiger partial charge in [-0.3, -0.25) is 0 Å². The van der Waals surface area contributed by atoms with Crippen LogP contribution in [0.2, 0.25) is 0 Å². The lowest BCUT2D eigenvalue weighted by Gasteiger charge is -1.86. The van der Waals surface area contributed by atoms with Crippen LogP contribution in [0.15, 0.2) is 72.8 Å². The van der Waals surface area contributed by atoms with E-state index < -0.39 is 0 Å². The van der Waals surface area contributed by atoms with E-state index >= 15 is 0 Å². The Morgan fingerprint density at radius 2 is 0.429 bits per heavy atom. The lowest BCUT2D eigenvalue weighted by molar-refractivity contribution is 1.87. The molecule has 0 saturated carbocycles. The maximum atomic E-state index is 3.34. The zero-order valence-corrected chi connectivity index (χ0v) is 26.9. The van der Waals surface area contributed by atoms with Crippen molar-refractivity contribution in [2.45, 2.75) is 0 Å². The highest BCUT2D eigenvalue weighted by Crippen LogP contribution is 2.27. The summed E-state index contributed by atoms with van der Waals surface area (Å²) < 4.78 is 0. The van der Waals surface area contributed by atoms with Gasteiger partial charge >= 0.3 is 0 Å². The quantitative estimate of drug-likeness (QED) is 0.144. The predicted octanol–water partition coefficient (Wildman–Crippen LogP) is 11.9. The summed E-state index contributed by atoms with van der Waals surface area (Å²) in [6, 6.07) is 25.7. The summed E-state index contributed by atoms with van der Waals surface area (Å²) in [6.45, 7) is 0. The normalized spacial score (nSPS) is 15.4. The van der Waals surface area contributed by atoms with Crippen molar-refractivity contribution in [1.82, 2.24) is 0 Å². The summed E-state index contributed by atoms with van der Waals surface area (Å²) >= 11 is 10.5. The van der Waals surface area contributed by atoms with Crippen LogP contribution in [-0.2, 0) is 0 Å². The van der Waals surface area contributed by atoms with Crippen LogP contribution in [0.25, 0.3) is 48.6 Å². The van der Waals surface area contributed by atoms with E-state index in [1.165, 1.54) is 39.0 Å². The van der Waals surface area contributed by atoms with Gasteiger partial charge in [0.1, 0.15) is 0 Å². The Kier molecular flexibility index (Phi) is 8.17. The van der Waals surface area contributed by atoms with Crippen LogP contribution < -0.4 is 0 Å². The van der Waals surface area contributed by atoms with Crippen molar-refractivity contribution < 1.29 is 0 Å². The smallest absolute Gasteiger partial charge is 0.0778 e. The number of rotatable bonds is 0. The van der Waals surface area contributed by atoms with Gasteiger partial charge in [0.05, 0.1) is 19.5 Å². The lowest BCUT2D eigenvalue weighted by Crippen LogP contribution is -1.62. The Bertz CT molecular complexity index is 1820. The van der Waals surface area contributed by atoms with Crippen LogP contribution in [-0.4, -0.2) is 0 Å². The molecule has 0 nitrogen and oxygen atoms in total. The van der Waals surface area contributed by atoms with Gasteiger partial charge < -0.3 is 0 Å². The second-order valence-electron chi connectivity index (χ2n) is 9.12. The minimum Gasteiger partial charge on any atom is -0.137 e. The van der Waals surface area contributed by atoms with Crippen molar-refractivity contribution in [2.24, 2.45) is 0 Å². The van der Waals surface area contributed by atoms with E-state index in [0.717, 1.165) is 19.5 Å². The Hall–Kier alpha value is -3.72. The zero-order chi connectivity index (χ0) is 28.1. The van der Waals surface area contributed by atoms with Crippen LogP contribution in [0, 0.1) is 23.7 Å². The fourth-order valence-corrected chi connectivity index (χ4v) is 8.73. The van der Waals surface area contributed by atoms with Crippen LogP contribution >= 0.6 is 68.0 Å². The van der Waals surface area contributed by atoms with Gasteiger partial charge in [0.2, 0.25) is 0 Å². The van der Waals surface area contributed by atoms with Gasteiger partial charge in [-0.25, -0.2) is 0 Å². The molecule has 6 aromatic rings. The van der Waals surface area contributed by atoms with Crippen LogP contribution in [0.1, 0.15) is 58.5 Å². The Balaban J connectivity index is 1.17. The van der Waals surface area contributed by atoms with E-state index in [1.807, 2.05) is 0 Å². The molecule has 0 unspecified atom stereocenters. The summed E-state index contributed by atoms with van der Waals surface area (Å²) in [5.41, 5.74) is 0. The minimum atomic E-state index is 1.08. The maximum Gasteiger partial charge on any atom is 0.0778 e. The first kappa shape index (κ1) is 27.1. The summed E-state index contributed by atoms with van der Waals surface area (Å²) in [4.78, 5) is 14.1. The molecule has 0 spiro atoms. The third-order valence-corrected chi connectivity index (χ3v) is 12.0. The summed E-state index contributed by atoms with van der Waals surface area (Å²) in [7, 11) is 0. The molecule has 6 aromatic heterocycles. The number of fused-ring (bicyclic) bond motifs is 12. The third kappa shape index (κ3) is 7.01. The number of thiophene rings is 6. The van der Waals surface area contributed by atoms with Crippen LogP contribution in [0.4, 0.5) is 0 Å². The van der Waals surface area contributed by atoms with Gasteiger partial charge in [-0.05, 0) is 145 Å². The highest BCUT2D eigenvalue weighted by Gasteiger charge is 2.01. The fourth-order valence-electron chi connectivity index (χ4n) is 4.04.